The lowest BCUT2D eigenvalue weighted by molar-refractivity contribution is -0.136. The molecule has 2 atom stereocenters. The van der Waals surface area contributed by atoms with E-state index in [1.54, 1.807) is 17.4 Å². The van der Waals surface area contributed by atoms with Crippen LogP contribution in [0, 0.1) is 20.8 Å². The first kappa shape index (κ1) is 39.5. The Bertz CT molecular complexity index is 2600. The Morgan fingerprint density at radius 1 is 0.932 bits per heavy atom. The van der Waals surface area contributed by atoms with E-state index in [1.807, 2.05) is 60.0 Å². The summed E-state index contributed by atoms with van der Waals surface area (Å²) in [6, 6.07) is 17.9. The van der Waals surface area contributed by atoms with E-state index in [9.17, 15) is 28.8 Å². The van der Waals surface area contributed by atoms with E-state index < -0.39 is 35.7 Å². The number of nitrogens with one attached hydrogen (secondary N) is 2. The SMILES string of the molecule is Cc1sc2c(c1C)C(c1ccc(Cl)cc1)=N[C@@H](CC(=O)NCc1ccc(CCC(=O)COc3cccc4c3C(=O)N(C3CCC(=O)NC3=O)C4=O)cc1)c1nnc(C)n1-2. The van der Waals surface area contributed by atoms with Crippen molar-refractivity contribution < 1.29 is 33.5 Å². The fourth-order valence-electron chi connectivity index (χ4n) is 7.52. The van der Waals surface area contributed by atoms with E-state index in [2.05, 4.69) is 34.7 Å². The summed E-state index contributed by atoms with van der Waals surface area (Å²) in [5.41, 5.74) is 5.61. The number of ketones is 1. The van der Waals surface area contributed by atoms with Gasteiger partial charge < -0.3 is 10.1 Å². The molecule has 5 amide bonds. The normalized spacial score (nSPS) is 17.2. The Morgan fingerprint density at radius 3 is 2.42 bits per heavy atom. The fraction of sp³-hybridized carbons (Fsp3) is 0.279. The van der Waals surface area contributed by atoms with Gasteiger partial charge in [-0.05, 0) is 74.6 Å². The number of thiophene rings is 1. The minimum atomic E-state index is -1.11. The zero-order valence-electron chi connectivity index (χ0n) is 32.3. The van der Waals surface area contributed by atoms with Gasteiger partial charge in [-0.15, -0.1) is 21.5 Å². The third kappa shape index (κ3) is 7.70. The number of fused-ring (bicyclic) bond motifs is 4. The number of nitrogens with zero attached hydrogens (tertiary/aromatic N) is 5. The number of halogens is 1. The fourth-order valence-corrected chi connectivity index (χ4v) is 8.86. The van der Waals surface area contributed by atoms with Crippen LogP contribution in [-0.2, 0) is 32.1 Å². The van der Waals surface area contributed by atoms with Crippen molar-refractivity contribution in [2.45, 2.75) is 71.5 Å². The third-order valence-electron chi connectivity index (χ3n) is 10.8. The average Bonchev–Trinajstić information content (AvgIpc) is 3.80. The van der Waals surface area contributed by atoms with Crippen molar-refractivity contribution in [1.82, 2.24) is 30.3 Å². The molecule has 3 aromatic carbocycles. The summed E-state index contributed by atoms with van der Waals surface area (Å²) in [6.45, 7) is 6.01. The molecule has 59 heavy (non-hydrogen) atoms. The molecule has 300 valence electrons. The number of aromatic nitrogens is 3. The summed E-state index contributed by atoms with van der Waals surface area (Å²) in [7, 11) is 0. The Balaban J connectivity index is 0.866. The van der Waals surface area contributed by atoms with Crippen molar-refractivity contribution in [3.8, 4) is 10.8 Å². The molecule has 3 aliphatic heterocycles. The summed E-state index contributed by atoms with van der Waals surface area (Å²) in [5, 5.41) is 15.6. The molecule has 0 aliphatic carbocycles. The van der Waals surface area contributed by atoms with Gasteiger partial charge >= 0.3 is 0 Å². The van der Waals surface area contributed by atoms with Gasteiger partial charge in [0.15, 0.2) is 11.6 Å². The number of Topliss-reactive ketones (excluding diaryl/α,β-unsaturated/α-hetero) is 1. The summed E-state index contributed by atoms with van der Waals surface area (Å²) in [4.78, 5) is 84.0. The van der Waals surface area contributed by atoms with E-state index in [0.29, 0.717) is 23.1 Å². The molecule has 1 fully saturated rings. The highest BCUT2D eigenvalue weighted by molar-refractivity contribution is 7.15. The molecule has 16 heteroatoms. The summed E-state index contributed by atoms with van der Waals surface area (Å²) in [6.07, 6.45) is 0.692. The molecule has 0 bridgehead atoms. The number of piperidine rings is 1. The first-order chi connectivity index (χ1) is 28.4. The predicted octanol–water partition coefficient (Wildman–Crippen LogP) is 5.49. The minimum Gasteiger partial charge on any atom is -0.485 e. The lowest BCUT2D eigenvalue weighted by Crippen LogP contribution is -2.54. The minimum absolute atomic E-state index is 0.00790. The number of ether oxygens (including phenoxy) is 1. The van der Waals surface area contributed by atoms with Crippen molar-refractivity contribution in [3.05, 3.63) is 127 Å². The van der Waals surface area contributed by atoms with Crippen LogP contribution in [0.2, 0.25) is 5.02 Å². The summed E-state index contributed by atoms with van der Waals surface area (Å²) < 4.78 is 7.75. The third-order valence-corrected chi connectivity index (χ3v) is 12.2. The Labute approximate surface area is 347 Å². The lowest BCUT2D eigenvalue weighted by Gasteiger charge is -2.27. The van der Waals surface area contributed by atoms with Crippen molar-refractivity contribution in [3.63, 3.8) is 0 Å². The highest BCUT2D eigenvalue weighted by Crippen LogP contribution is 2.40. The second-order valence-electron chi connectivity index (χ2n) is 14.7. The van der Waals surface area contributed by atoms with Crippen LogP contribution in [0.3, 0.4) is 0 Å². The molecule has 3 aliphatic rings. The molecule has 2 aromatic heterocycles. The van der Waals surface area contributed by atoms with Crippen LogP contribution in [0.5, 0.6) is 5.75 Å². The van der Waals surface area contributed by atoms with Gasteiger partial charge in [0.1, 0.15) is 35.3 Å². The number of aryl methyl sites for hydroxylation is 3. The number of rotatable bonds is 12. The number of imide groups is 2. The molecule has 0 radical (unpaired) electrons. The van der Waals surface area contributed by atoms with E-state index in [4.69, 9.17) is 21.3 Å². The van der Waals surface area contributed by atoms with Crippen LogP contribution in [0.25, 0.3) is 5.00 Å². The number of carbonyl (C=O) groups is 6. The van der Waals surface area contributed by atoms with Crippen molar-refractivity contribution in [2.24, 2.45) is 4.99 Å². The number of hydrogen-bond donors (Lipinski definition) is 2. The van der Waals surface area contributed by atoms with Crippen LogP contribution >= 0.6 is 22.9 Å². The molecule has 1 unspecified atom stereocenters. The quantitative estimate of drug-likeness (QED) is 0.154. The lowest BCUT2D eigenvalue weighted by atomic mass is 9.99. The molecule has 5 aromatic rings. The maximum Gasteiger partial charge on any atom is 0.266 e. The average molecular weight is 832 g/mol. The second kappa shape index (κ2) is 16.1. The van der Waals surface area contributed by atoms with Crippen molar-refractivity contribution in [1.29, 1.82) is 0 Å². The topological polar surface area (TPSA) is 182 Å². The van der Waals surface area contributed by atoms with Gasteiger partial charge in [-0.25, -0.2) is 0 Å². The van der Waals surface area contributed by atoms with Gasteiger partial charge in [0.2, 0.25) is 17.7 Å². The van der Waals surface area contributed by atoms with E-state index >= 15 is 0 Å². The Morgan fingerprint density at radius 2 is 1.68 bits per heavy atom. The molecule has 14 nitrogen and oxygen atoms in total. The standard InChI is InChI=1S/C43H38ClN7O7S/c1-22-23(2)59-43-36(22)38(27-12-14-28(44)15-13-27)46-31(39-49-48-24(3)50(39)43)19-35(54)45-20-26-9-7-25(8-10-26)11-16-29(52)21-58-33-6-4-5-30-37(33)42(57)51(41(30)56)32-17-18-34(53)47-40(32)55/h4-10,12-15,31-32H,11,16-21H2,1-3H3,(H,45,54)(H,47,53,55)/t31-,32?/m0/s1. The van der Waals surface area contributed by atoms with Crippen molar-refractivity contribution >= 4 is 64.0 Å². The van der Waals surface area contributed by atoms with Gasteiger partial charge in [-0.3, -0.25) is 48.5 Å². The zero-order valence-corrected chi connectivity index (χ0v) is 33.9. The maximum absolute atomic E-state index is 13.5. The Hall–Kier alpha value is -6.32. The highest BCUT2D eigenvalue weighted by Gasteiger charge is 2.46. The summed E-state index contributed by atoms with van der Waals surface area (Å²) in [5.74, 6) is -1.56. The molecule has 0 saturated carbocycles. The van der Waals surface area contributed by atoms with Gasteiger partial charge in [0.05, 0.1) is 23.3 Å². The molecule has 2 N–H and O–H groups in total. The molecule has 5 heterocycles. The van der Waals surface area contributed by atoms with E-state index in [-0.39, 0.29) is 67.4 Å². The second-order valence-corrected chi connectivity index (χ2v) is 16.3. The van der Waals surface area contributed by atoms with Crippen LogP contribution in [0.1, 0.15) is 96.8 Å². The van der Waals surface area contributed by atoms with Gasteiger partial charge in [-0.1, -0.05) is 54.1 Å². The molecular formula is C43H38ClN7O7S. The van der Waals surface area contributed by atoms with E-state index in [0.717, 1.165) is 48.3 Å². The smallest absolute Gasteiger partial charge is 0.266 e. The van der Waals surface area contributed by atoms with Gasteiger partial charge in [-0.2, -0.15) is 0 Å². The largest absolute Gasteiger partial charge is 0.485 e. The molecular weight excluding hydrogens is 794 g/mol. The molecule has 0 spiro atoms. The number of amides is 5. The van der Waals surface area contributed by atoms with Gasteiger partial charge in [0, 0.05) is 40.4 Å². The highest BCUT2D eigenvalue weighted by atomic mass is 35.5. The number of benzene rings is 3. The van der Waals surface area contributed by atoms with Crippen LogP contribution in [0.15, 0.2) is 71.7 Å². The number of hydrogen-bond acceptors (Lipinski definition) is 11. The van der Waals surface area contributed by atoms with E-state index in [1.165, 1.54) is 12.1 Å². The summed E-state index contributed by atoms with van der Waals surface area (Å²) >= 11 is 7.88. The predicted molar refractivity (Wildman–Crippen MR) is 218 cm³/mol. The first-order valence-electron chi connectivity index (χ1n) is 19.1. The number of carbonyl (C=O) groups excluding carboxylic acids is 6. The van der Waals surface area contributed by atoms with Gasteiger partial charge in [0.25, 0.3) is 11.8 Å². The van der Waals surface area contributed by atoms with Crippen LogP contribution in [-0.4, -0.2) is 73.3 Å². The monoisotopic (exact) mass is 831 g/mol. The van der Waals surface area contributed by atoms with Crippen LogP contribution in [0.4, 0.5) is 0 Å². The zero-order chi connectivity index (χ0) is 41.5. The van der Waals surface area contributed by atoms with Crippen LogP contribution < -0.4 is 15.4 Å². The Kier molecular flexibility index (Phi) is 10.8. The molecule has 8 rings (SSSR count). The molecule has 1 saturated heterocycles. The first-order valence-corrected chi connectivity index (χ1v) is 20.3. The number of aliphatic imine (C=N–C) groups is 1. The maximum atomic E-state index is 13.5. The van der Waals surface area contributed by atoms with Crippen molar-refractivity contribution in [2.75, 3.05) is 6.61 Å².